The van der Waals surface area contributed by atoms with Crippen molar-refractivity contribution in [2.24, 2.45) is 0 Å². The normalized spacial score (nSPS) is 19.6. The van der Waals surface area contributed by atoms with Gasteiger partial charge in [0.15, 0.2) is 0 Å². The lowest BCUT2D eigenvalue weighted by Gasteiger charge is -2.31. The summed E-state index contributed by atoms with van der Waals surface area (Å²) in [4.78, 5) is 22.2. The van der Waals surface area contributed by atoms with Crippen LogP contribution >= 0.6 is 0 Å². The highest BCUT2D eigenvalue weighted by molar-refractivity contribution is 5.65. The molecule has 1 aliphatic heterocycles. The van der Waals surface area contributed by atoms with E-state index in [9.17, 15) is 14.9 Å². The summed E-state index contributed by atoms with van der Waals surface area (Å²) in [6.45, 7) is 0.917. The van der Waals surface area contributed by atoms with E-state index in [1.165, 1.54) is 17.0 Å². The number of nitrogens with zero attached hydrogens (tertiary/aromatic N) is 2. The van der Waals surface area contributed by atoms with E-state index in [4.69, 9.17) is 9.84 Å². The smallest absolute Gasteiger partial charge is 0.407 e. The first-order valence-corrected chi connectivity index (χ1v) is 5.42. The van der Waals surface area contributed by atoms with Crippen LogP contribution in [0.1, 0.15) is 11.7 Å². The summed E-state index contributed by atoms with van der Waals surface area (Å²) in [6.07, 6.45) is -1.35. The van der Waals surface area contributed by atoms with Crippen molar-refractivity contribution in [3.63, 3.8) is 0 Å². The fourth-order valence-corrected chi connectivity index (χ4v) is 1.84. The highest BCUT2D eigenvalue weighted by atomic mass is 16.6. The van der Waals surface area contributed by atoms with Gasteiger partial charge in [-0.05, 0) is 17.7 Å². The minimum Gasteiger partial charge on any atom is -0.465 e. The number of amides is 1. The standard InChI is InChI=1S/C11H12N2O5/c14-11(15)12-5-6-18-10(7-12)8-1-3-9(4-2-8)13(16)17/h1-4,10H,5-7H2,(H,14,15). The van der Waals surface area contributed by atoms with Crippen molar-refractivity contribution >= 4 is 11.8 Å². The molecule has 7 heteroatoms. The van der Waals surface area contributed by atoms with Gasteiger partial charge in [-0.15, -0.1) is 0 Å². The van der Waals surface area contributed by atoms with Gasteiger partial charge in [-0.2, -0.15) is 0 Å². The fraction of sp³-hybridized carbons (Fsp3) is 0.364. The van der Waals surface area contributed by atoms with Gasteiger partial charge in [-0.25, -0.2) is 4.79 Å². The van der Waals surface area contributed by atoms with Crippen molar-refractivity contribution in [1.29, 1.82) is 0 Å². The molecule has 1 aromatic rings. The monoisotopic (exact) mass is 252 g/mol. The lowest BCUT2D eigenvalue weighted by Crippen LogP contribution is -2.41. The van der Waals surface area contributed by atoms with E-state index in [1.54, 1.807) is 12.1 Å². The number of carboxylic acid groups (broad SMARTS) is 1. The first-order chi connectivity index (χ1) is 8.58. The Balaban J connectivity index is 2.11. The second-order valence-electron chi connectivity index (χ2n) is 3.94. The highest BCUT2D eigenvalue weighted by Gasteiger charge is 2.25. The van der Waals surface area contributed by atoms with Crippen molar-refractivity contribution in [2.75, 3.05) is 19.7 Å². The molecular formula is C11H12N2O5. The first-order valence-electron chi connectivity index (χ1n) is 5.42. The van der Waals surface area contributed by atoms with Gasteiger partial charge in [-0.3, -0.25) is 10.1 Å². The predicted octanol–water partition coefficient (Wildman–Crippen LogP) is 1.65. The molecule has 7 nitrogen and oxygen atoms in total. The maximum Gasteiger partial charge on any atom is 0.407 e. The average molecular weight is 252 g/mol. The summed E-state index contributed by atoms with van der Waals surface area (Å²) >= 11 is 0. The van der Waals surface area contributed by atoms with Gasteiger partial charge in [-0.1, -0.05) is 0 Å². The molecule has 0 radical (unpaired) electrons. The number of hydrogen-bond donors (Lipinski definition) is 1. The van der Waals surface area contributed by atoms with Crippen LogP contribution in [-0.2, 0) is 4.74 Å². The lowest BCUT2D eigenvalue weighted by atomic mass is 10.1. The molecule has 0 aliphatic carbocycles. The maximum absolute atomic E-state index is 10.9. The van der Waals surface area contributed by atoms with E-state index in [-0.39, 0.29) is 18.3 Å². The van der Waals surface area contributed by atoms with Gasteiger partial charge in [0.2, 0.25) is 0 Å². The number of benzene rings is 1. The van der Waals surface area contributed by atoms with Gasteiger partial charge in [0.25, 0.3) is 5.69 Å². The molecular weight excluding hydrogens is 240 g/mol. The predicted molar refractivity (Wildman–Crippen MR) is 61.4 cm³/mol. The molecule has 96 valence electrons. The van der Waals surface area contributed by atoms with E-state index in [2.05, 4.69) is 0 Å². The molecule has 1 atom stereocenters. The number of ether oxygens (including phenoxy) is 1. The summed E-state index contributed by atoms with van der Waals surface area (Å²) in [7, 11) is 0. The zero-order chi connectivity index (χ0) is 13.1. The second-order valence-corrected chi connectivity index (χ2v) is 3.94. The Morgan fingerprint density at radius 2 is 2.11 bits per heavy atom. The van der Waals surface area contributed by atoms with E-state index in [1.807, 2.05) is 0 Å². The van der Waals surface area contributed by atoms with Crippen LogP contribution in [0.3, 0.4) is 0 Å². The third-order valence-corrected chi connectivity index (χ3v) is 2.81. The number of nitro benzene ring substituents is 1. The zero-order valence-corrected chi connectivity index (χ0v) is 9.48. The fourth-order valence-electron chi connectivity index (χ4n) is 1.84. The molecule has 0 aromatic heterocycles. The van der Waals surface area contributed by atoms with Crippen molar-refractivity contribution in [2.45, 2.75) is 6.10 Å². The molecule has 18 heavy (non-hydrogen) atoms. The number of non-ortho nitro benzene ring substituents is 1. The number of nitro groups is 1. The van der Waals surface area contributed by atoms with Crippen LogP contribution in [0.4, 0.5) is 10.5 Å². The Morgan fingerprint density at radius 3 is 2.67 bits per heavy atom. The summed E-state index contributed by atoms with van der Waals surface area (Å²) in [5.74, 6) is 0. The Hall–Kier alpha value is -2.15. The van der Waals surface area contributed by atoms with Crippen LogP contribution in [-0.4, -0.2) is 40.7 Å². The molecule has 0 saturated carbocycles. The van der Waals surface area contributed by atoms with Crippen molar-refractivity contribution in [3.05, 3.63) is 39.9 Å². The topological polar surface area (TPSA) is 92.9 Å². The minimum atomic E-state index is -0.981. The van der Waals surface area contributed by atoms with E-state index in [0.717, 1.165) is 5.56 Å². The molecule has 1 aliphatic rings. The Labute approximate surface area is 103 Å². The number of morpholine rings is 1. The van der Waals surface area contributed by atoms with Gasteiger partial charge >= 0.3 is 6.09 Å². The van der Waals surface area contributed by atoms with E-state index < -0.39 is 11.0 Å². The van der Waals surface area contributed by atoms with Gasteiger partial charge in [0, 0.05) is 18.7 Å². The summed E-state index contributed by atoms with van der Waals surface area (Å²) in [6, 6.07) is 5.96. The molecule has 0 spiro atoms. The maximum atomic E-state index is 10.9. The number of hydrogen-bond acceptors (Lipinski definition) is 4. The molecule has 1 fully saturated rings. The summed E-state index contributed by atoms with van der Waals surface area (Å²) in [5, 5.41) is 19.4. The second kappa shape index (κ2) is 5.01. The minimum absolute atomic E-state index is 0.00431. The molecule has 1 saturated heterocycles. The first kappa shape index (κ1) is 12.3. The van der Waals surface area contributed by atoms with Gasteiger partial charge in [0.1, 0.15) is 6.10 Å². The van der Waals surface area contributed by atoms with Crippen LogP contribution in [0.25, 0.3) is 0 Å². The number of rotatable bonds is 2. The Morgan fingerprint density at radius 1 is 1.44 bits per heavy atom. The number of carbonyl (C=O) groups is 1. The molecule has 1 amide bonds. The Kier molecular flexibility index (Phi) is 3.42. The largest absolute Gasteiger partial charge is 0.465 e. The van der Waals surface area contributed by atoms with E-state index >= 15 is 0 Å². The highest BCUT2D eigenvalue weighted by Crippen LogP contribution is 2.24. The van der Waals surface area contributed by atoms with Crippen LogP contribution in [0.5, 0.6) is 0 Å². The summed E-state index contributed by atoms with van der Waals surface area (Å²) in [5.41, 5.74) is 0.746. The van der Waals surface area contributed by atoms with Gasteiger partial charge in [0.05, 0.1) is 18.1 Å². The van der Waals surface area contributed by atoms with Crippen LogP contribution < -0.4 is 0 Å². The SMILES string of the molecule is O=C(O)N1CCOC(c2ccc([N+](=O)[O-])cc2)C1. The van der Waals surface area contributed by atoms with Gasteiger partial charge < -0.3 is 14.7 Å². The Bertz CT molecular complexity index is 459. The molecule has 1 unspecified atom stereocenters. The molecule has 2 rings (SSSR count). The average Bonchev–Trinajstić information content (AvgIpc) is 2.39. The van der Waals surface area contributed by atoms with Crippen LogP contribution in [0.2, 0.25) is 0 Å². The van der Waals surface area contributed by atoms with Crippen LogP contribution in [0.15, 0.2) is 24.3 Å². The molecule has 0 bridgehead atoms. The lowest BCUT2D eigenvalue weighted by molar-refractivity contribution is -0.384. The van der Waals surface area contributed by atoms with E-state index in [0.29, 0.717) is 13.2 Å². The van der Waals surface area contributed by atoms with Crippen LogP contribution in [0, 0.1) is 10.1 Å². The third-order valence-electron chi connectivity index (χ3n) is 2.81. The van der Waals surface area contributed by atoms with Crippen molar-refractivity contribution in [1.82, 2.24) is 4.90 Å². The van der Waals surface area contributed by atoms with Crippen molar-refractivity contribution in [3.8, 4) is 0 Å². The summed E-state index contributed by atoms with van der Waals surface area (Å²) < 4.78 is 5.47. The third kappa shape index (κ3) is 2.57. The molecule has 1 aromatic carbocycles. The zero-order valence-electron chi connectivity index (χ0n) is 9.48. The molecule has 1 heterocycles. The molecule has 1 N–H and O–H groups in total. The van der Waals surface area contributed by atoms with Crippen molar-refractivity contribution < 1.29 is 19.6 Å². The quantitative estimate of drug-likeness (QED) is 0.638.